The number of unbranched alkanes of at least 4 members (excludes halogenated alkanes) is 4. The van der Waals surface area contributed by atoms with Gasteiger partial charge >= 0.3 is 5.97 Å². The average Bonchev–Trinajstić information content (AvgIpc) is 2.83. The maximum atomic E-state index is 12.3. The highest BCUT2D eigenvalue weighted by atomic mass is 79.9. The molecule has 0 aromatic carbocycles. The van der Waals surface area contributed by atoms with Crippen molar-refractivity contribution in [2.75, 3.05) is 7.11 Å². The molecular weight excluding hydrogens is 396 g/mol. The second kappa shape index (κ2) is 12.0. The minimum absolute atomic E-state index is 0.189. The van der Waals surface area contributed by atoms with Crippen LogP contribution in [-0.4, -0.2) is 29.6 Å². The monoisotopic (exact) mass is 424 g/mol. The number of allylic oxidation sites excluding steroid dienone is 5. The first kappa shape index (κ1) is 22.6. The van der Waals surface area contributed by atoms with Crippen molar-refractivity contribution in [1.29, 1.82) is 0 Å². The molecule has 5 heteroatoms. The first-order valence-electron chi connectivity index (χ1n) is 9.19. The molecule has 0 saturated heterocycles. The van der Waals surface area contributed by atoms with Crippen LogP contribution in [0.25, 0.3) is 0 Å². The number of hydrogen-bond donors (Lipinski definition) is 1. The fraction of sp³-hybridized carbons (Fsp3) is 0.524. The van der Waals surface area contributed by atoms with Crippen molar-refractivity contribution in [2.24, 2.45) is 0 Å². The Kier molecular flexibility index (Phi) is 10.4. The summed E-state index contributed by atoms with van der Waals surface area (Å²) in [4.78, 5) is 23.3. The molecular formula is C21H29BrO4. The van der Waals surface area contributed by atoms with Gasteiger partial charge < -0.3 is 9.84 Å². The van der Waals surface area contributed by atoms with Gasteiger partial charge in [0.05, 0.1) is 11.6 Å². The van der Waals surface area contributed by atoms with Crippen LogP contribution < -0.4 is 0 Å². The van der Waals surface area contributed by atoms with E-state index in [1.54, 1.807) is 18.2 Å². The molecule has 0 unspecified atom stereocenters. The molecule has 1 aliphatic carbocycles. The Morgan fingerprint density at radius 1 is 1.23 bits per heavy atom. The molecule has 144 valence electrons. The third-order valence-electron chi connectivity index (χ3n) is 4.24. The fourth-order valence-electron chi connectivity index (χ4n) is 2.69. The predicted molar refractivity (Wildman–Crippen MR) is 108 cm³/mol. The van der Waals surface area contributed by atoms with Gasteiger partial charge in [-0.1, -0.05) is 50.1 Å². The second-order valence-electron chi connectivity index (χ2n) is 6.39. The molecule has 0 heterocycles. The van der Waals surface area contributed by atoms with E-state index in [9.17, 15) is 14.7 Å². The molecule has 4 nitrogen and oxygen atoms in total. The van der Waals surface area contributed by atoms with Gasteiger partial charge in [0.1, 0.15) is 5.60 Å². The zero-order chi connectivity index (χ0) is 19.4. The van der Waals surface area contributed by atoms with Crippen molar-refractivity contribution in [3.8, 4) is 0 Å². The summed E-state index contributed by atoms with van der Waals surface area (Å²) in [5, 5.41) is 10.9. The van der Waals surface area contributed by atoms with E-state index in [1.165, 1.54) is 20.0 Å². The van der Waals surface area contributed by atoms with Gasteiger partial charge in [-0.3, -0.25) is 9.59 Å². The minimum Gasteiger partial charge on any atom is -0.469 e. The molecule has 0 aromatic heterocycles. The van der Waals surface area contributed by atoms with E-state index in [-0.39, 0.29) is 11.8 Å². The van der Waals surface area contributed by atoms with Crippen LogP contribution in [0.1, 0.15) is 58.3 Å². The molecule has 1 rings (SSSR count). The molecule has 0 spiro atoms. The number of ether oxygens (including phenoxy) is 1. The summed E-state index contributed by atoms with van der Waals surface area (Å²) < 4.78 is 4.98. The molecule has 0 radical (unpaired) electrons. The fourth-order valence-corrected chi connectivity index (χ4v) is 3.28. The number of methoxy groups -OCH3 is 1. The normalized spacial score (nSPS) is 21.9. The lowest BCUT2D eigenvalue weighted by Gasteiger charge is -2.20. The Hall–Kier alpha value is -1.46. The van der Waals surface area contributed by atoms with E-state index in [0.29, 0.717) is 35.7 Å². The number of rotatable bonds is 11. The van der Waals surface area contributed by atoms with Crippen LogP contribution in [0.4, 0.5) is 0 Å². The van der Waals surface area contributed by atoms with Crippen molar-refractivity contribution in [2.45, 2.75) is 63.9 Å². The summed E-state index contributed by atoms with van der Waals surface area (Å²) in [5.74, 6) is -0.415. The molecule has 0 aliphatic heterocycles. The summed E-state index contributed by atoms with van der Waals surface area (Å²) in [6.45, 7) is 2.17. The number of halogens is 1. The van der Waals surface area contributed by atoms with Crippen LogP contribution >= 0.6 is 15.9 Å². The molecule has 0 saturated carbocycles. The lowest BCUT2D eigenvalue weighted by Crippen LogP contribution is -2.27. The molecule has 0 aromatic rings. The van der Waals surface area contributed by atoms with Gasteiger partial charge in [0, 0.05) is 18.4 Å². The number of hydrogen-bond acceptors (Lipinski definition) is 4. The zero-order valence-electron chi connectivity index (χ0n) is 15.7. The van der Waals surface area contributed by atoms with E-state index in [4.69, 9.17) is 0 Å². The van der Waals surface area contributed by atoms with E-state index in [0.717, 1.165) is 12.8 Å². The summed E-state index contributed by atoms with van der Waals surface area (Å²) in [6, 6.07) is 0. The summed E-state index contributed by atoms with van der Waals surface area (Å²) in [5.41, 5.74) is -0.903. The first-order valence-corrected chi connectivity index (χ1v) is 9.98. The maximum Gasteiger partial charge on any atom is 0.305 e. The van der Waals surface area contributed by atoms with Crippen LogP contribution in [0.15, 0.2) is 46.5 Å². The molecule has 0 bridgehead atoms. The lowest BCUT2D eigenvalue weighted by molar-refractivity contribution is -0.140. The summed E-state index contributed by atoms with van der Waals surface area (Å²) in [6.07, 6.45) is 17.5. The maximum absolute atomic E-state index is 12.3. The standard InChI is InChI=1S/C21H29BrO4/c1-3-4-5-6-9-12-15-21(25)16-18(22)20(24)17(21)13-10-7-8-11-14-19(23)26-2/h7,9-10,12-13,16,25H,3-6,8,11,14-15H2,1-2H3/b10-7-,12-9-,17-13?/t21-/m1/s1. The Bertz CT molecular complexity index is 601. The van der Waals surface area contributed by atoms with Crippen molar-refractivity contribution in [3.05, 3.63) is 46.5 Å². The Morgan fingerprint density at radius 2 is 1.96 bits per heavy atom. The minimum atomic E-state index is -1.27. The number of ketones is 1. The highest BCUT2D eigenvalue weighted by Crippen LogP contribution is 2.36. The van der Waals surface area contributed by atoms with Crippen molar-refractivity contribution >= 4 is 27.7 Å². The van der Waals surface area contributed by atoms with Crippen LogP contribution in [0.3, 0.4) is 0 Å². The number of carbonyl (C=O) groups is 2. The number of Topliss-reactive ketones (excluding diaryl/α,β-unsaturated/α-hetero) is 1. The number of aliphatic hydroxyl groups is 1. The topological polar surface area (TPSA) is 63.6 Å². The van der Waals surface area contributed by atoms with E-state index in [1.807, 2.05) is 12.2 Å². The van der Waals surface area contributed by atoms with Crippen LogP contribution in [0.2, 0.25) is 0 Å². The summed E-state index contributed by atoms with van der Waals surface area (Å²) >= 11 is 3.23. The Morgan fingerprint density at radius 3 is 2.65 bits per heavy atom. The first-order chi connectivity index (χ1) is 12.4. The largest absolute Gasteiger partial charge is 0.469 e. The van der Waals surface area contributed by atoms with Crippen LogP contribution in [0.5, 0.6) is 0 Å². The van der Waals surface area contributed by atoms with Gasteiger partial charge in [0.25, 0.3) is 0 Å². The molecule has 1 atom stereocenters. The second-order valence-corrected chi connectivity index (χ2v) is 7.25. The van der Waals surface area contributed by atoms with Crippen molar-refractivity contribution < 1.29 is 19.4 Å². The highest BCUT2D eigenvalue weighted by molar-refractivity contribution is 9.12. The van der Waals surface area contributed by atoms with Crippen molar-refractivity contribution in [3.63, 3.8) is 0 Å². The van der Waals surface area contributed by atoms with E-state index in [2.05, 4.69) is 33.7 Å². The van der Waals surface area contributed by atoms with Gasteiger partial charge in [-0.25, -0.2) is 0 Å². The van der Waals surface area contributed by atoms with E-state index < -0.39 is 5.60 Å². The lowest BCUT2D eigenvalue weighted by atomic mass is 9.92. The third-order valence-corrected chi connectivity index (χ3v) is 4.83. The van der Waals surface area contributed by atoms with Crippen LogP contribution in [-0.2, 0) is 14.3 Å². The van der Waals surface area contributed by atoms with Crippen molar-refractivity contribution in [1.82, 2.24) is 0 Å². The van der Waals surface area contributed by atoms with Gasteiger partial charge in [-0.2, -0.15) is 0 Å². The van der Waals surface area contributed by atoms with Gasteiger partial charge in [-0.05, 0) is 47.7 Å². The van der Waals surface area contributed by atoms with Gasteiger partial charge in [0.2, 0.25) is 0 Å². The average molecular weight is 425 g/mol. The number of esters is 1. The smallest absolute Gasteiger partial charge is 0.305 e. The third kappa shape index (κ3) is 7.42. The van der Waals surface area contributed by atoms with Gasteiger partial charge in [0.15, 0.2) is 5.78 Å². The SMILES string of the molecule is CCCCC/C=C\C[C@@]1(O)C=C(Br)C(=O)C1=C/C=C\CCCC(=O)OC. The number of carbonyl (C=O) groups excluding carboxylic acids is 2. The van der Waals surface area contributed by atoms with Crippen LogP contribution in [0, 0.1) is 0 Å². The predicted octanol–water partition coefficient (Wildman–Crippen LogP) is 4.93. The molecule has 1 N–H and O–H groups in total. The van der Waals surface area contributed by atoms with E-state index >= 15 is 0 Å². The molecule has 26 heavy (non-hydrogen) atoms. The summed E-state index contributed by atoms with van der Waals surface area (Å²) in [7, 11) is 1.37. The zero-order valence-corrected chi connectivity index (χ0v) is 17.3. The molecule has 0 amide bonds. The quantitative estimate of drug-likeness (QED) is 0.221. The molecule has 1 aliphatic rings. The van der Waals surface area contributed by atoms with Gasteiger partial charge in [-0.15, -0.1) is 0 Å². The Balaban J connectivity index is 2.62. The highest BCUT2D eigenvalue weighted by Gasteiger charge is 2.39. The molecule has 0 fully saturated rings. The Labute approximate surface area is 164 Å².